The summed E-state index contributed by atoms with van der Waals surface area (Å²) in [5.41, 5.74) is 7.56. The summed E-state index contributed by atoms with van der Waals surface area (Å²) in [6, 6.07) is 3.27. The Morgan fingerprint density at radius 2 is 2.07 bits per heavy atom. The van der Waals surface area contributed by atoms with E-state index in [1.807, 2.05) is 16.9 Å². The Balaban J connectivity index is 1.43. The van der Waals surface area contributed by atoms with E-state index in [0.29, 0.717) is 6.73 Å². The van der Waals surface area contributed by atoms with Crippen LogP contribution in [0.1, 0.15) is 19.8 Å². The highest BCUT2D eigenvalue weighted by atomic mass is 28.3. The first-order valence-electron chi connectivity index (χ1n) is 10.8. The van der Waals surface area contributed by atoms with Crippen molar-refractivity contribution in [3.8, 4) is 0 Å². The molecular weight excluding hydrogens is 382 g/mol. The molecule has 1 spiro atoms. The van der Waals surface area contributed by atoms with E-state index in [1.54, 1.807) is 0 Å². The predicted octanol–water partition coefficient (Wildman–Crippen LogP) is 3.08. The predicted molar refractivity (Wildman–Crippen MR) is 119 cm³/mol. The Morgan fingerprint density at radius 3 is 2.72 bits per heavy atom. The van der Waals surface area contributed by atoms with E-state index in [9.17, 15) is 0 Å². The molecule has 4 heterocycles. The van der Waals surface area contributed by atoms with Gasteiger partial charge in [0.2, 0.25) is 0 Å². The van der Waals surface area contributed by atoms with Crippen LogP contribution in [-0.4, -0.2) is 61.3 Å². The maximum Gasteiger partial charge on any atom is 0.139 e. The molecule has 4 rings (SSSR count). The van der Waals surface area contributed by atoms with Crippen molar-refractivity contribution in [2.75, 3.05) is 31.2 Å². The highest BCUT2D eigenvalue weighted by Gasteiger charge is 2.47. The van der Waals surface area contributed by atoms with E-state index in [1.165, 1.54) is 6.04 Å². The normalized spacial score (nSPS) is 24.7. The highest BCUT2D eigenvalue weighted by molar-refractivity contribution is 6.76. The minimum atomic E-state index is -1.07. The molecule has 2 aliphatic rings. The summed E-state index contributed by atoms with van der Waals surface area (Å²) in [4.78, 5) is 7.07. The Morgan fingerprint density at radius 1 is 1.31 bits per heavy atom. The molecule has 160 valence electrons. The first-order valence-corrected chi connectivity index (χ1v) is 14.5. The van der Waals surface area contributed by atoms with Crippen molar-refractivity contribution in [2.24, 2.45) is 11.1 Å². The van der Waals surface area contributed by atoms with Crippen LogP contribution >= 0.6 is 0 Å². The van der Waals surface area contributed by atoms with E-state index in [2.05, 4.69) is 37.7 Å². The number of pyridine rings is 1. The summed E-state index contributed by atoms with van der Waals surface area (Å²) in [7, 11) is -1.07. The van der Waals surface area contributed by atoms with Crippen molar-refractivity contribution >= 4 is 24.8 Å². The zero-order chi connectivity index (χ0) is 20.6. The molecule has 0 bridgehead atoms. The molecule has 2 atom stereocenters. The molecule has 0 saturated carbocycles. The number of fused-ring (bicyclic) bond motifs is 1. The summed E-state index contributed by atoms with van der Waals surface area (Å²) < 4.78 is 13.6. The van der Waals surface area contributed by atoms with E-state index in [0.717, 1.165) is 55.9 Å². The molecule has 2 aromatic rings. The molecule has 8 heteroatoms. The Labute approximate surface area is 174 Å². The van der Waals surface area contributed by atoms with Crippen LogP contribution in [0.4, 0.5) is 5.82 Å². The molecule has 2 aromatic heterocycles. The fourth-order valence-corrected chi connectivity index (χ4v) is 5.23. The second kappa shape index (κ2) is 7.98. The van der Waals surface area contributed by atoms with Gasteiger partial charge in [-0.2, -0.15) is 5.10 Å². The molecule has 29 heavy (non-hydrogen) atoms. The van der Waals surface area contributed by atoms with Gasteiger partial charge in [-0.3, -0.25) is 0 Å². The third-order valence-electron chi connectivity index (χ3n) is 6.59. The van der Waals surface area contributed by atoms with Crippen molar-refractivity contribution in [3.05, 3.63) is 18.5 Å². The van der Waals surface area contributed by atoms with Crippen molar-refractivity contribution in [1.82, 2.24) is 14.8 Å². The van der Waals surface area contributed by atoms with Gasteiger partial charge >= 0.3 is 0 Å². The van der Waals surface area contributed by atoms with Crippen molar-refractivity contribution < 1.29 is 9.47 Å². The summed E-state index contributed by atoms with van der Waals surface area (Å²) in [5, 5.41) is 5.79. The number of rotatable bonds is 6. The second-order valence-corrected chi connectivity index (χ2v) is 15.6. The van der Waals surface area contributed by atoms with Gasteiger partial charge in [0.1, 0.15) is 12.5 Å². The minimum absolute atomic E-state index is 0.123. The quantitative estimate of drug-likeness (QED) is 0.575. The van der Waals surface area contributed by atoms with Gasteiger partial charge in [-0.05, 0) is 31.9 Å². The molecule has 0 aliphatic carbocycles. The van der Waals surface area contributed by atoms with Gasteiger partial charge in [0.05, 0.1) is 23.6 Å². The van der Waals surface area contributed by atoms with Gasteiger partial charge in [-0.1, -0.05) is 19.6 Å². The van der Waals surface area contributed by atoms with Crippen LogP contribution in [-0.2, 0) is 16.2 Å². The number of ether oxygens (including phenoxy) is 2. The highest BCUT2D eigenvalue weighted by Crippen LogP contribution is 2.42. The molecular formula is C21H35N5O2Si. The molecule has 2 aliphatic heterocycles. The lowest BCUT2D eigenvalue weighted by Gasteiger charge is -2.41. The lowest BCUT2D eigenvalue weighted by atomic mass is 9.73. The zero-order valence-electron chi connectivity index (χ0n) is 18.2. The van der Waals surface area contributed by atoms with Gasteiger partial charge in [0.15, 0.2) is 0 Å². The fraction of sp³-hybridized carbons (Fsp3) is 0.714. The smallest absolute Gasteiger partial charge is 0.139 e. The molecule has 2 N–H and O–H groups in total. The SMILES string of the molecule is C[C@@H]1OCC2(CCN(c3nccc4nn(COCC[Si](C)(C)C)cc34)CC2)[C@@H]1N. The molecule has 2 fully saturated rings. The van der Waals surface area contributed by atoms with Crippen LogP contribution in [0.5, 0.6) is 0 Å². The number of nitrogens with zero attached hydrogens (tertiary/aromatic N) is 4. The lowest BCUT2D eigenvalue weighted by Crippen LogP contribution is -2.50. The number of nitrogens with two attached hydrogens (primary N) is 1. The lowest BCUT2D eigenvalue weighted by molar-refractivity contribution is 0.0791. The fourth-order valence-electron chi connectivity index (χ4n) is 4.47. The Bertz CT molecular complexity index is 841. The number of hydrogen-bond acceptors (Lipinski definition) is 6. The first-order chi connectivity index (χ1) is 13.8. The Kier molecular flexibility index (Phi) is 5.72. The van der Waals surface area contributed by atoms with Gasteiger partial charge in [0, 0.05) is 51.6 Å². The van der Waals surface area contributed by atoms with Crippen LogP contribution in [0.2, 0.25) is 25.7 Å². The maximum absolute atomic E-state index is 6.47. The van der Waals surface area contributed by atoms with Gasteiger partial charge in [-0.25, -0.2) is 9.67 Å². The van der Waals surface area contributed by atoms with Crippen molar-refractivity contribution in [3.63, 3.8) is 0 Å². The van der Waals surface area contributed by atoms with E-state index in [-0.39, 0.29) is 17.6 Å². The van der Waals surface area contributed by atoms with Gasteiger partial charge in [-0.15, -0.1) is 0 Å². The number of anilines is 1. The minimum Gasteiger partial charge on any atom is -0.376 e. The maximum atomic E-state index is 6.47. The van der Waals surface area contributed by atoms with E-state index < -0.39 is 8.07 Å². The topological polar surface area (TPSA) is 78.4 Å². The summed E-state index contributed by atoms with van der Waals surface area (Å²) in [6.45, 7) is 13.2. The average Bonchev–Trinajstić information content (AvgIpc) is 3.22. The van der Waals surface area contributed by atoms with Crippen LogP contribution in [0, 0.1) is 5.41 Å². The van der Waals surface area contributed by atoms with E-state index >= 15 is 0 Å². The molecule has 0 amide bonds. The summed E-state index contributed by atoms with van der Waals surface area (Å²) in [6.07, 6.45) is 6.18. The van der Waals surface area contributed by atoms with Crippen molar-refractivity contribution in [1.29, 1.82) is 0 Å². The third-order valence-corrected chi connectivity index (χ3v) is 8.29. The van der Waals surface area contributed by atoms with Gasteiger partial charge in [0.25, 0.3) is 0 Å². The molecule has 2 saturated heterocycles. The standard InChI is InChI=1S/C21H35N5O2Si/c1-16-19(22)21(14-28-16)6-9-25(10-7-21)20-17-13-26(24-18(17)5-8-23-20)15-27-11-12-29(2,3)4/h5,8,13,16,19H,6-7,9-12,14-15,22H2,1-4H3/t16-,19+/m0/s1. The number of hydrogen-bond donors (Lipinski definition) is 1. The number of piperidine rings is 1. The summed E-state index contributed by atoms with van der Waals surface area (Å²) >= 11 is 0. The molecule has 0 radical (unpaired) electrons. The largest absolute Gasteiger partial charge is 0.376 e. The summed E-state index contributed by atoms with van der Waals surface area (Å²) in [5.74, 6) is 1.02. The average molecular weight is 418 g/mol. The Hall–Kier alpha value is -1.48. The number of aromatic nitrogens is 3. The monoisotopic (exact) mass is 417 g/mol. The third kappa shape index (κ3) is 4.35. The van der Waals surface area contributed by atoms with Crippen LogP contribution < -0.4 is 10.6 Å². The molecule has 0 unspecified atom stereocenters. The van der Waals surface area contributed by atoms with E-state index in [4.69, 9.17) is 25.3 Å². The van der Waals surface area contributed by atoms with Crippen LogP contribution in [0.25, 0.3) is 10.9 Å². The van der Waals surface area contributed by atoms with Gasteiger partial charge < -0.3 is 20.1 Å². The molecule has 7 nitrogen and oxygen atoms in total. The van der Waals surface area contributed by atoms with Crippen LogP contribution in [0.3, 0.4) is 0 Å². The molecule has 0 aromatic carbocycles. The second-order valence-electron chi connectivity index (χ2n) is 9.98. The first kappa shape index (κ1) is 20.8. The zero-order valence-corrected chi connectivity index (χ0v) is 19.2. The van der Waals surface area contributed by atoms with Crippen molar-refractivity contribution in [2.45, 2.75) is 64.3 Å². The van der Waals surface area contributed by atoms with Crippen LogP contribution in [0.15, 0.2) is 18.5 Å².